The van der Waals surface area contributed by atoms with Crippen molar-refractivity contribution in [1.82, 2.24) is 20.2 Å². The van der Waals surface area contributed by atoms with Crippen LogP contribution < -0.4 is 11.2 Å². The highest BCUT2D eigenvalue weighted by molar-refractivity contribution is 7.99. The van der Waals surface area contributed by atoms with Crippen LogP contribution in [0, 0.1) is 0 Å². The predicted octanol–water partition coefficient (Wildman–Crippen LogP) is 1.35. The van der Waals surface area contributed by atoms with E-state index in [-0.39, 0.29) is 18.2 Å². The Morgan fingerprint density at radius 1 is 1.38 bits per heavy atom. The molecule has 11 heteroatoms. The Kier molecular flexibility index (Phi) is 6.29. The molecule has 2 aromatic rings. The van der Waals surface area contributed by atoms with E-state index in [1.807, 2.05) is 0 Å². The molecular weight excluding hydrogens is 377 g/mol. The summed E-state index contributed by atoms with van der Waals surface area (Å²) in [5.41, 5.74) is 0.529. The Hall–Kier alpha value is -1.97. The van der Waals surface area contributed by atoms with Crippen molar-refractivity contribution in [1.29, 1.82) is 0 Å². The van der Waals surface area contributed by atoms with E-state index in [1.54, 1.807) is 18.2 Å². The molecule has 128 valence electrons. The second-order valence-corrected chi connectivity index (χ2v) is 6.23. The molecule has 1 aromatic carbocycles. The summed E-state index contributed by atoms with van der Waals surface area (Å²) in [6.07, 6.45) is 0. The molecule has 1 heterocycles. The molecule has 0 unspecified atom stereocenters. The average molecular weight is 390 g/mol. The molecule has 0 bridgehead atoms. The van der Waals surface area contributed by atoms with Crippen LogP contribution in [-0.2, 0) is 14.3 Å². The molecule has 24 heavy (non-hydrogen) atoms. The lowest BCUT2D eigenvalue weighted by Crippen LogP contribution is -2.31. The maximum atomic E-state index is 11.6. The first-order valence-electron chi connectivity index (χ1n) is 6.54. The van der Waals surface area contributed by atoms with Gasteiger partial charge in [0, 0.05) is 10.6 Å². The van der Waals surface area contributed by atoms with E-state index < -0.39 is 5.97 Å². The molecule has 8 nitrogen and oxygen atoms in total. The van der Waals surface area contributed by atoms with Gasteiger partial charge in [-0.05, 0) is 18.2 Å². The lowest BCUT2D eigenvalue weighted by atomic mass is 10.2. The Morgan fingerprint density at radius 2 is 2.12 bits per heavy atom. The molecule has 0 aliphatic carbocycles. The van der Waals surface area contributed by atoms with E-state index in [0.717, 1.165) is 11.8 Å². The summed E-state index contributed by atoms with van der Waals surface area (Å²) in [7, 11) is 1.24. The van der Waals surface area contributed by atoms with Crippen LogP contribution in [0.3, 0.4) is 0 Å². The number of hydrogen-bond donors (Lipinski definition) is 2. The molecule has 0 saturated carbocycles. The number of esters is 1. The van der Waals surface area contributed by atoms with E-state index >= 15 is 0 Å². The molecule has 0 atom stereocenters. The van der Waals surface area contributed by atoms with Gasteiger partial charge in [-0.1, -0.05) is 35.0 Å². The van der Waals surface area contributed by atoms with Crippen molar-refractivity contribution in [2.75, 3.05) is 25.3 Å². The molecule has 0 fully saturated rings. The fraction of sp³-hybridized carbons (Fsp3) is 0.231. The molecule has 0 aliphatic rings. The number of carbonyl (C=O) groups excluding carboxylic acids is 2. The zero-order valence-electron chi connectivity index (χ0n) is 12.5. The summed E-state index contributed by atoms with van der Waals surface area (Å²) in [4.78, 5) is 22.6. The van der Waals surface area contributed by atoms with Crippen molar-refractivity contribution in [2.45, 2.75) is 5.16 Å². The zero-order chi connectivity index (χ0) is 17.7. The molecular formula is C13H13Cl2N5O3S. The zero-order valence-corrected chi connectivity index (χ0v) is 14.8. The third-order valence-electron chi connectivity index (χ3n) is 2.82. The van der Waals surface area contributed by atoms with Gasteiger partial charge in [0.05, 0.1) is 17.9 Å². The van der Waals surface area contributed by atoms with Crippen molar-refractivity contribution in [3.8, 4) is 11.4 Å². The van der Waals surface area contributed by atoms with Gasteiger partial charge < -0.3 is 15.9 Å². The summed E-state index contributed by atoms with van der Waals surface area (Å²) in [5.74, 6) is 5.38. The summed E-state index contributed by atoms with van der Waals surface area (Å²) in [6, 6.07) is 4.89. The molecule has 2 rings (SSSR count). The van der Waals surface area contributed by atoms with Gasteiger partial charge in [-0.15, -0.1) is 10.2 Å². The van der Waals surface area contributed by atoms with Gasteiger partial charge >= 0.3 is 5.97 Å². The molecule has 1 aromatic heterocycles. The number of halogens is 2. The summed E-state index contributed by atoms with van der Waals surface area (Å²) >= 11 is 13.1. The standard InChI is InChI=1S/C13H13Cl2N5O3S/c1-23-11(22)5-17-10(21)6-24-13-19-18-12(20(13)16)8-4-7(14)2-3-9(8)15/h2-4H,5-6,16H2,1H3,(H,17,21). The molecule has 1 amide bonds. The molecule has 0 aliphatic heterocycles. The van der Waals surface area contributed by atoms with Gasteiger partial charge in [0.25, 0.3) is 0 Å². The number of amides is 1. The minimum absolute atomic E-state index is 0.00953. The van der Waals surface area contributed by atoms with Crippen LogP contribution >= 0.6 is 35.0 Å². The van der Waals surface area contributed by atoms with E-state index in [4.69, 9.17) is 29.0 Å². The van der Waals surface area contributed by atoms with Crippen LogP contribution in [0.1, 0.15) is 0 Å². The number of nitrogen functional groups attached to an aromatic ring is 1. The summed E-state index contributed by atoms with van der Waals surface area (Å²) < 4.78 is 5.64. The second-order valence-electron chi connectivity index (χ2n) is 4.44. The number of methoxy groups -OCH3 is 1. The highest BCUT2D eigenvalue weighted by atomic mass is 35.5. The van der Waals surface area contributed by atoms with E-state index in [9.17, 15) is 9.59 Å². The van der Waals surface area contributed by atoms with E-state index in [0.29, 0.717) is 26.6 Å². The number of carbonyl (C=O) groups is 2. The minimum Gasteiger partial charge on any atom is -0.468 e. The van der Waals surface area contributed by atoms with Gasteiger partial charge in [-0.2, -0.15) is 0 Å². The molecule has 0 saturated heterocycles. The van der Waals surface area contributed by atoms with Gasteiger partial charge in [-0.25, -0.2) is 4.68 Å². The second kappa shape index (κ2) is 8.22. The molecule has 0 spiro atoms. The first-order chi connectivity index (χ1) is 11.4. The quantitative estimate of drug-likeness (QED) is 0.435. The van der Waals surface area contributed by atoms with Crippen LogP contribution in [-0.4, -0.2) is 46.2 Å². The van der Waals surface area contributed by atoms with Crippen LogP contribution in [0.15, 0.2) is 23.4 Å². The summed E-state index contributed by atoms with van der Waals surface area (Å²) in [6.45, 7) is -0.200. The number of aromatic nitrogens is 3. The number of rotatable bonds is 6. The summed E-state index contributed by atoms with van der Waals surface area (Å²) in [5, 5.41) is 11.5. The number of ether oxygens (including phenoxy) is 1. The van der Waals surface area contributed by atoms with Crippen molar-refractivity contribution in [3.05, 3.63) is 28.2 Å². The third-order valence-corrected chi connectivity index (χ3v) is 4.33. The minimum atomic E-state index is -0.534. The van der Waals surface area contributed by atoms with Crippen LogP contribution in [0.25, 0.3) is 11.4 Å². The Labute approximate surface area is 151 Å². The van der Waals surface area contributed by atoms with E-state index in [1.165, 1.54) is 11.8 Å². The van der Waals surface area contributed by atoms with Crippen molar-refractivity contribution in [2.24, 2.45) is 0 Å². The van der Waals surface area contributed by atoms with Crippen molar-refractivity contribution < 1.29 is 14.3 Å². The van der Waals surface area contributed by atoms with Crippen molar-refractivity contribution >= 4 is 46.8 Å². The van der Waals surface area contributed by atoms with Gasteiger partial charge in [0.2, 0.25) is 11.1 Å². The van der Waals surface area contributed by atoms with Gasteiger partial charge in [0.15, 0.2) is 5.82 Å². The highest BCUT2D eigenvalue weighted by Gasteiger charge is 2.16. The number of hydrogen-bond acceptors (Lipinski definition) is 7. The number of nitrogens with one attached hydrogen (secondary N) is 1. The molecule has 3 N–H and O–H groups in total. The normalized spacial score (nSPS) is 10.5. The Balaban J connectivity index is 2.04. The van der Waals surface area contributed by atoms with Crippen LogP contribution in [0.2, 0.25) is 10.0 Å². The first kappa shape index (κ1) is 18.4. The monoisotopic (exact) mass is 389 g/mol. The van der Waals surface area contributed by atoms with Crippen molar-refractivity contribution in [3.63, 3.8) is 0 Å². The largest absolute Gasteiger partial charge is 0.468 e. The predicted molar refractivity (Wildman–Crippen MR) is 91.4 cm³/mol. The first-order valence-corrected chi connectivity index (χ1v) is 8.28. The molecule has 0 radical (unpaired) electrons. The van der Waals surface area contributed by atoms with Gasteiger partial charge in [0.1, 0.15) is 6.54 Å². The number of nitrogens with two attached hydrogens (primary N) is 1. The Bertz CT molecular complexity index is 768. The number of benzene rings is 1. The van der Waals surface area contributed by atoms with Crippen LogP contribution in [0.4, 0.5) is 0 Å². The van der Waals surface area contributed by atoms with Crippen LogP contribution in [0.5, 0.6) is 0 Å². The SMILES string of the molecule is COC(=O)CNC(=O)CSc1nnc(-c2cc(Cl)ccc2Cl)n1N. The lowest BCUT2D eigenvalue weighted by molar-refractivity contribution is -0.140. The number of nitrogens with zero attached hydrogens (tertiary/aromatic N) is 3. The highest BCUT2D eigenvalue weighted by Crippen LogP contribution is 2.30. The van der Waals surface area contributed by atoms with Gasteiger partial charge in [-0.3, -0.25) is 9.59 Å². The fourth-order valence-electron chi connectivity index (χ4n) is 1.65. The fourth-order valence-corrected chi connectivity index (χ4v) is 2.71. The average Bonchev–Trinajstić information content (AvgIpc) is 2.93. The lowest BCUT2D eigenvalue weighted by Gasteiger charge is -2.06. The maximum absolute atomic E-state index is 11.6. The smallest absolute Gasteiger partial charge is 0.325 e. The third kappa shape index (κ3) is 4.53. The maximum Gasteiger partial charge on any atom is 0.325 e. The topological polar surface area (TPSA) is 112 Å². The number of thioether (sulfide) groups is 1. The Morgan fingerprint density at radius 3 is 2.83 bits per heavy atom. The van der Waals surface area contributed by atoms with E-state index in [2.05, 4.69) is 20.3 Å².